The van der Waals surface area contributed by atoms with Crippen molar-refractivity contribution in [3.63, 3.8) is 0 Å². The minimum atomic E-state index is -0.453. The molecular weight excluding hydrogens is 286 g/mol. The number of likely N-dealkylation sites (tertiary alicyclic amines) is 1. The average molecular weight is 305 g/mol. The number of nitrogens with two attached hydrogens (primary N) is 1. The topological polar surface area (TPSA) is 76.3 Å². The molecule has 0 radical (unpaired) electrons. The van der Waals surface area contributed by atoms with E-state index in [1.165, 1.54) is 11.3 Å². The molecule has 0 aromatic carbocycles. The maximum atomic E-state index is 12.3. The molecule has 1 amide bonds. The molecule has 2 heterocycles. The molecule has 5 nitrogen and oxygen atoms in total. The molecule has 0 atom stereocenters. The lowest BCUT2D eigenvalue weighted by atomic mass is 9.62. The molecule has 1 saturated heterocycles. The van der Waals surface area contributed by atoms with Crippen molar-refractivity contribution < 1.29 is 9.59 Å². The van der Waals surface area contributed by atoms with Crippen LogP contribution >= 0.6 is 11.3 Å². The summed E-state index contributed by atoms with van der Waals surface area (Å²) in [6.07, 6.45) is 2.59. The molecule has 0 bridgehead atoms. The van der Waals surface area contributed by atoms with Crippen molar-refractivity contribution >= 4 is 23.0 Å². The van der Waals surface area contributed by atoms with Crippen LogP contribution in [0.25, 0.3) is 0 Å². The highest BCUT2D eigenvalue weighted by Gasteiger charge is 2.52. The molecule has 112 valence electrons. The van der Waals surface area contributed by atoms with Crippen LogP contribution in [0, 0.1) is 17.8 Å². The number of hydrogen-bond acceptors (Lipinski definition) is 5. The SMILES string of the molecule is Cc1nc(C(=O)N2CC3(C=C(N)C(=O)C(C)(C)C3)C2)cs1. The van der Waals surface area contributed by atoms with Gasteiger partial charge in [0.2, 0.25) is 0 Å². The maximum absolute atomic E-state index is 12.3. The van der Waals surface area contributed by atoms with E-state index >= 15 is 0 Å². The van der Waals surface area contributed by atoms with Crippen molar-refractivity contribution in [1.82, 2.24) is 9.88 Å². The highest BCUT2D eigenvalue weighted by atomic mass is 32.1. The van der Waals surface area contributed by atoms with Gasteiger partial charge in [-0.15, -0.1) is 11.3 Å². The van der Waals surface area contributed by atoms with E-state index in [9.17, 15) is 9.59 Å². The maximum Gasteiger partial charge on any atom is 0.273 e. The standard InChI is InChI=1S/C15H19N3O2S/c1-9-17-11(5-21-9)13(20)18-7-15(8-18)4-10(16)12(19)14(2,3)6-15/h4-5H,6-8,16H2,1-3H3. The number of aromatic nitrogens is 1. The van der Waals surface area contributed by atoms with Gasteiger partial charge in [-0.05, 0) is 19.4 Å². The minimum Gasteiger partial charge on any atom is -0.396 e. The van der Waals surface area contributed by atoms with Crippen LogP contribution in [0.5, 0.6) is 0 Å². The van der Waals surface area contributed by atoms with E-state index in [0.29, 0.717) is 24.5 Å². The molecule has 2 N–H and O–H groups in total. The van der Waals surface area contributed by atoms with Crippen molar-refractivity contribution in [2.45, 2.75) is 27.2 Å². The van der Waals surface area contributed by atoms with Crippen LogP contribution in [0.1, 0.15) is 35.8 Å². The number of rotatable bonds is 1. The molecule has 1 fully saturated rings. The normalized spacial score (nSPS) is 22.9. The summed E-state index contributed by atoms with van der Waals surface area (Å²) in [6.45, 7) is 6.95. The zero-order valence-electron chi connectivity index (χ0n) is 12.5. The first kappa shape index (κ1) is 14.3. The number of amides is 1. The molecular formula is C15H19N3O2S. The van der Waals surface area contributed by atoms with E-state index in [1.807, 2.05) is 26.8 Å². The predicted octanol–water partition coefficient (Wildman–Crippen LogP) is 1.74. The Kier molecular flexibility index (Phi) is 2.99. The highest BCUT2D eigenvalue weighted by Crippen LogP contribution is 2.47. The third kappa shape index (κ3) is 2.27. The van der Waals surface area contributed by atoms with Gasteiger partial charge in [0.15, 0.2) is 5.78 Å². The molecule has 0 unspecified atom stereocenters. The number of carbonyl (C=O) groups excluding carboxylic acids is 2. The van der Waals surface area contributed by atoms with Gasteiger partial charge in [-0.25, -0.2) is 4.98 Å². The fourth-order valence-electron chi connectivity index (χ4n) is 3.48. The van der Waals surface area contributed by atoms with Crippen molar-refractivity contribution in [2.24, 2.45) is 16.6 Å². The van der Waals surface area contributed by atoms with Gasteiger partial charge in [0.05, 0.1) is 10.7 Å². The van der Waals surface area contributed by atoms with E-state index in [1.54, 1.807) is 10.3 Å². The fourth-order valence-corrected chi connectivity index (χ4v) is 4.07. The monoisotopic (exact) mass is 305 g/mol. The predicted molar refractivity (Wildman–Crippen MR) is 80.9 cm³/mol. The van der Waals surface area contributed by atoms with Gasteiger partial charge in [0.25, 0.3) is 5.91 Å². The summed E-state index contributed by atoms with van der Waals surface area (Å²) in [5.41, 5.74) is 6.11. The Morgan fingerprint density at radius 1 is 1.43 bits per heavy atom. The molecule has 1 aromatic heterocycles. The summed E-state index contributed by atoms with van der Waals surface area (Å²) in [7, 11) is 0. The molecule has 1 aliphatic carbocycles. The lowest BCUT2D eigenvalue weighted by Gasteiger charge is -2.53. The number of carbonyl (C=O) groups is 2. The van der Waals surface area contributed by atoms with Gasteiger partial charge >= 0.3 is 0 Å². The summed E-state index contributed by atoms with van der Waals surface area (Å²) < 4.78 is 0. The van der Waals surface area contributed by atoms with Crippen molar-refractivity contribution in [3.8, 4) is 0 Å². The Morgan fingerprint density at radius 3 is 2.62 bits per heavy atom. The summed E-state index contributed by atoms with van der Waals surface area (Å²) in [5, 5.41) is 2.68. The van der Waals surface area contributed by atoms with E-state index in [4.69, 9.17) is 5.73 Å². The van der Waals surface area contributed by atoms with Gasteiger partial charge in [-0.2, -0.15) is 0 Å². The molecule has 1 aliphatic heterocycles. The summed E-state index contributed by atoms with van der Waals surface area (Å²) in [4.78, 5) is 30.4. The molecule has 3 rings (SSSR count). The van der Waals surface area contributed by atoms with Crippen molar-refractivity contribution in [1.29, 1.82) is 0 Å². The lowest BCUT2D eigenvalue weighted by Crippen LogP contribution is -2.61. The van der Waals surface area contributed by atoms with E-state index in [2.05, 4.69) is 4.98 Å². The van der Waals surface area contributed by atoms with E-state index in [-0.39, 0.29) is 17.1 Å². The van der Waals surface area contributed by atoms with Crippen LogP contribution in [0.3, 0.4) is 0 Å². The van der Waals surface area contributed by atoms with Gasteiger partial charge in [-0.3, -0.25) is 9.59 Å². The fraction of sp³-hybridized carbons (Fsp3) is 0.533. The molecule has 6 heteroatoms. The zero-order chi connectivity index (χ0) is 15.4. The Labute approximate surface area is 127 Å². The Balaban J connectivity index is 1.76. The van der Waals surface area contributed by atoms with E-state index < -0.39 is 5.41 Å². The first-order valence-electron chi connectivity index (χ1n) is 6.97. The van der Waals surface area contributed by atoms with Crippen LogP contribution in [-0.2, 0) is 4.79 Å². The second kappa shape index (κ2) is 4.40. The molecule has 1 spiro atoms. The largest absolute Gasteiger partial charge is 0.396 e. The summed E-state index contributed by atoms with van der Waals surface area (Å²) in [6, 6.07) is 0. The summed E-state index contributed by atoms with van der Waals surface area (Å²) in [5.74, 6) is -0.0281. The van der Waals surface area contributed by atoms with Gasteiger partial charge in [-0.1, -0.05) is 13.8 Å². The molecule has 0 saturated carbocycles. The van der Waals surface area contributed by atoms with Crippen LogP contribution in [0.15, 0.2) is 17.2 Å². The number of nitrogens with zero attached hydrogens (tertiary/aromatic N) is 2. The lowest BCUT2D eigenvalue weighted by molar-refractivity contribution is -0.127. The second-order valence-corrected chi connectivity index (χ2v) is 7.83. The van der Waals surface area contributed by atoms with Crippen LogP contribution in [-0.4, -0.2) is 34.7 Å². The zero-order valence-corrected chi connectivity index (χ0v) is 13.3. The number of ketones is 1. The minimum absolute atomic E-state index is 0.00743. The summed E-state index contributed by atoms with van der Waals surface area (Å²) >= 11 is 1.48. The van der Waals surface area contributed by atoms with Gasteiger partial charge in [0, 0.05) is 29.3 Å². The van der Waals surface area contributed by atoms with Crippen LogP contribution in [0.4, 0.5) is 0 Å². The number of hydrogen-bond donors (Lipinski definition) is 1. The third-order valence-electron chi connectivity index (χ3n) is 4.27. The van der Waals surface area contributed by atoms with E-state index in [0.717, 1.165) is 11.4 Å². The van der Waals surface area contributed by atoms with Crippen LogP contribution < -0.4 is 5.73 Å². The smallest absolute Gasteiger partial charge is 0.273 e. The van der Waals surface area contributed by atoms with Gasteiger partial charge < -0.3 is 10.6 Å². The van der Waals surface area contributed by atoms with Crippen molar-refractivity contribution in [2.75, 3.05) is 13.1 Å². The average Bonchev–Trinajstić information content (AvgIpc) is 2.78. The number of Topliss-reactive ketones (excluding diaryl/α,β-unsaturated/α-hetero) is 1. The first-order valence-corrected chi connectivity index (χ1v) is 7.85. The molecule has 2 aliphatic rings. The second-order valence-electron chi connectivity index (χ2n) is 6.76. The molecule has 21 heavy (non-hydrogen) atoms. The first-order chi connectivity index (χ1) is 9.72. The quantitative estimate of drug-likeness (QED) is 0.857. The number of thiazole rings is 1. The Morgan fingerprint density at radius 2 is 2.10 bits per heavy atom. The third-order valence-corrected chi connectivity index (χ3v) is 5.04. The number of allylic oxidation sites excluding steroid dienone is 1. The Bertz CT molecular complexity index is 654. The van der Waals surface area contributed by atoms with Crippen LogP contribution in [0.2, 0.25) is 0 Å². The van der Waals surface area contributed by atoms with Crippen molar-refractivity contribution in [3.05, 3.63) is 27.9 Å². The number of aryl methyl sites for hydroxylation is 1. The Hall–Kier alpha value is -1.69. The highest BCUT2D eigenvalue weighted by molar-refractivity contribution is 7.09. The molecule has 1 aromatic rings. The van der Waals surface area contributed by atoms with Gasteiger partial charge in [0.1, 0.15) is 5.69 Å².